The molecule has 0 saturated carbocycles. The molecule has 0 aromatic heterocycles. The number of methoxy groups -OCH3 is 1. The lowest BCUT2D eigenvalue weighted by Gasteiger charge is -2.41. The van der Waals surface area contributed by atoms with Crippen molar-refractivity contribution >= 4 is 0 Å². The third-order valence-electron chi connectivity index (χ3n) is 2.21. The number of nitrogens with one attached hydrogen (secondary N) is 1. The van der Waals surface area contributed by atoms with Crippen LogP contribution in [-0.4, -0.2) is 38.5 Å². The van der Waals surface area contributed by atoms with E-state index in [1.54, 1.807) is 7.11 Å². The molecule has 3 nitrogen and oxygen atoms in total. The summed E-state index contributed by atoms with van der Waals surface area (Å²) < 4.78 is 10.8. The van der Waals surface area contributed by atoms with E-state index < -0.39 is 0 Å². The molecule has 0 bridgehead atoms. The molecule has 1 N–H and O–H groups in total. The lowest BCUT2D eigenvalue weighted by Crippen LogP contribution is -2.60. The first-order chi connectivity index (χ1) is 5.66. The fourth-order valence-corrected chi connectivity index (χ4v) is 1.39. The molecule has 0 spiro atoms. The highest BCUT2D eigenvalue weighted by atomic mass is 16.5. The van der Waals surface area contributed by atoms with E-state index >= 15 is 0 Å². The van der Waals surface area contributed by atoms with Crippen LogP contribution in [-0.2, 0) is 9.47 Å². The van der Waals surface area contributed by atoms with Crippen LogP contribution in [0.3, 0.4) is 0 Å². The Kier molecular flexibility index (Phi) is 3.50. The van der Waals surface area contributed by atoms with Crippen molar-refractivity contribution in [1.82, 2.24) is 5.32 Å². The zero-order valence-electron chi connectivity index (χ0n) is 8.22. The van der Waals surface area contributed by atoms with Crippen molar-refractivity contribution < 1.29 is 9.47 Å². The molecule has 1 heterocycles. The highest BCUT2D eigenvalue weighted by Crippen LogP contribution is 2.18. The molecule has 1 fully saturated rings. The normalized spacial score (nSPS) is 23.2. The molecule has 1 atom stereocenters. The van der Waals surface area contributed by atoms with E-state index in [1.807, 2.05) is 0 Å². The average Bonchev–Trinajstić information content (AvgIpc) is 1.98. The second-order valence-electron chi connectivity index (χ2n) is 3.76. The molecular formula is C9H19NO2. The molecule has 1 rings (SSSR count). The van der Waals surface area contributed by atoms with Crippen LogP contribution in [0.25, 0.3) is 0 Å². The smallest absolute Gasteiger partial charge is 0.0905 e. The first-order valence-corrected chi connectivity index (χ1v) is 4.54. The van der Waals surface area contributed by atoms with Crippen LogP contribution < -0.4 is 5.32 Å². The summed E-state index contributed by atoms with van der Waals surface area (Å²) in [6.07, 6.45) is 1.28. The summed E-state index contributed by atoms with van der Waals surface area (Å²) in [5, 5.41) is 3.21. The van der Waals surface area contributed by atoms with Gasteiger partial charge in [-0.05, 0) is 20.3 Å². The maximum absolute atomic E-state index is 5.83. The molecule has 1 unspecified atom stereocenters. The molecule has 3 heteroatoms. The van der Waals surface area contributed by atoms with E-state index in [0.717, 1.165) is 26.1 Å². The summed E-state index contributed by atoms with van der Waals surface area (Å²) >= 11 is 0. The predicted octanol–water partition coefficient (Wildman–Crippen LogP) is 0.790. The lowest BCUT2D eigenvalue weighted by atomic mass is 9.99. The van der Waals surface area contributed by atoms with E-state index in [4.69, 9.17) is 9.47 Å². The fourth-order valence-electron chi connectivity index (χ4n) is 1.39. The Morgan fingerprint density at radius 2 is 2.17 bits per heavy atom. The number of rotatable bonds is 5. The van der Waals surface area contributed by atoms with Crippen LogP contribution in [0.5, 0.6) is 0 Å². The van der Waals surface area contributed by atoms with Crippen LogP contribution in [0.4, 0.5) is 0 Å². The van der Waals surface area contributed by atoms with Crippen molar-refractivity contribution in [3.8, 4) is 0 Å². The van der Waals surface area contributed by atoms with Gasteiger partial charge in [0.05, 0.1) is 11.7 Å². The third-order valence-corrected chi connectivity index (χ3v) is 2.21. The second kappa shape index (κ2) is 4.21. The first-order valence-electron chi connectivity index (χ1n) is 4.54. The Bertz CT molecular complexity index is 134. The minimum absolute atomic E-state index is 0.0765. The van der Waals surface area contributed by atoms with Crippen molar-refractivity contribution in [2.45, 2.75) is 32.0 Å². The van der Waals surface area contributed by atoms with Crippen molar-refractivity contribution in [3.63, 3.8) is 0 Å². The van der Waals surface area contributed by atoms with Gasteiger partial charge in [-0.15, -0.1) is 0 Å². The van der Waals surface area contributed by atoms with Gasteiger partial charge in [-0.25, -0.2) is 0 Å². The van der Waals surface area contributed by atoms with Crippen molar-refractivity contribution in [1.29, 1.82) is 0 Å². The van der Waals surface area contributed by atoms with Gasteiger partial charge < -0.3 is 14.8 Å². The van der Waals surface area contributed by atoms with Gasteiger partial charge in [0.15, 0.2) is 0 Å². The fraction of sp³-hybridized carbons (Fsp3) is 1.00. The molecule has 1 saturated heterocycles. The molecule has 0 radical (unpaired) electrons. The summed E-state index contributed by atoms with van der Waals surface area (Å²) in [5.74, 6) is 0. The summed E-state index contributed by atoms with van der Waals surface area (Å²) in [5.41, 5.74) is 0.0765. The topological polar surface area (TPSA) is 30.5 Å². The molecule has 12 heavy (non-hydrogen) atoms. The predicted molar refractivity (Wildman–Crippen MR) is 48.3 cm³/mol. The number of ether oxygens (including phenoxy) is 2. The largest absolute Gasteiger partial charge is 0.385 e. The Balaban J connectivity index is 2.12. The summed E-state index contributed by atoms with van der Waals surface area (Å²) in [6, 6.07) is 0. The zero-order valence-corrected chi connectivity index (χ0v) is 8.22. The molecular weight excluding hydrogens is 154 g/mol. The molecule has 0 aromatic carbocycles. The zero-order chi connectivity index (χ0) is 9.03. The Morgan fingerprint density at radius 1 is 1.50 bits per heavy atom. The number of hydrogen-bond donors (Lipinski definition) is 1. The van der Waals surface area contributed by atoms with Gasteiger partial charge in [0.1, 0.15) is 0 Å². The van der Waals surface area contributed by atoms with Gasteiger partial charge in [-0.1, -0.05) is 0 Å². The standard InChI is InChI=1S/C9H19NO2/c1-8(4-5-11-3)12-9(2)6-10-7-9/h8,10H,4-7H2,1-3H3. The van der Waals surface area contributed by atoms with Crippen LogP contribution in [0, 0.1) is 0 Å². The minimum Gasteiger partial charge on any atom is -0.385 e. The third kappa shape index (κ3) is 2.73. The Labute approximate surface area is 74.4 Å². The highest BCUT2D eigenvalue weighted by Gasteiger charge is 2.33. The summed E-state index contributed by atoms with van der Waals surface area (Å²) in [7, 11) is 1.72. The maximum Gasteiger partial charge on any atom is 0.0905 e. The van der Waals surface area contributed by atoms with E-state index in [-0.39, 0.29) is 5.60 Å². The minimum atomic E-state index is 0.0765. The quantitative estimate of drug-likeness (QED) is 0.666. The Hall–Kier alpha value is -0.120. The van der Waals surface area contributed by atoms with Crippen LogP contribution in [0.2, 0.25) is 0 Å². The van der Waals surface area contributed by atoms with Crippen LogP contribution in [0.1, 0.15) is 20.3 Å². The summed E-state index contributed by atoms with van der Waals surface area (Å²) in [6.45, 7) is 6.98. The number of hydrogen-bond acceptors (Lipinski definition) is 3. The van der Waals surface area contributed by atoms with Crippen molar-refractivity contribution in [2.75, 3.05) is 26.8 Å². The summed E-state index contributed by atoms with van der Waals surface area (Å²) in [4.78, 5) is 0. The van der Waals surface area contributed by atoms with Gasteiger partial charge in [0, 0.05) is 26.8 Å². The molecule has 72 valence electrons. The molecule has 0 aliphatic carbocycles. The maximum atomic E-state index is 5.83. The lowest BCUT2D eigenvalue weighted by molar-refractivity contribution is -0.110. The van der Waals surface area contributed by atoms with Crippen molar-refractivity contribution in [3.05, 3.63) is 0 Å². The Morgan fingerprint density at radius 3 is 2.58 bits per heavy atom. The van der Waals surface area contributed by atoms with E-state index in [1.165, 1.54) is 0 Å². The average molecular weight is 173 g/mol. The SMILES string of the molecule is COCCC(C)OC1(C)CNC1. The van der Waals surface area contributed by atoms with Gasteiger partial charge in [0.2, 0.25) is 0 Å². The van der Waals surface area contributed by atoms with Gasteiger partial charge in [0.25, 0.3) is 0 Å². The monoisotopic (exact) mass is 173 g/mol. The molecule has 0 aromatic rings. The molecule has 1 aliphatic heterocycles. The highest BCUT2D eigenvalue weighted by molar-refractivity contribution is 4.90. The molecule has 0 amide bonds. The van der Waals surface area contributed by atoms with E-state index in [9.17, 15) is 0 Å². The van der Waals surface area contributed by atoms with Crippen molar-refractivity contribution in [2.24, 2.45) is 0 Å². The van der Waals surface area contributed by atoms with E-state index in [0.29, 0.717) is 6.10 Å². The van der Waals surface area contributed by atoms with Crippen LogP contribution >= 0.6 is 0 Å². The van der Waals surface area contributed by atoms with Gasteiger partial charge >= 0.3 is 0 Å². The molecule has 1 aliphatic rings. The van der Waals surface area contributed by atoms with E-state index in [2.05, 4.69) is 19.2 Å². The first kappa shape index (κ1) is 9.96. The second-order valence-corrected chi connectivity index (χ2v) is 3.76. The van der Waals surface area contributed by atoms with Gasteiger partial charge in [-0.2, -0.15) is 0 Å². The van der Waals surface area contributed by atoms with Gasteiger partial charge in [-0.3, -0.25) is 0 Å². The van der Waals surface area contributed by atoms with Crippen LogP contribution in [0.15, 0.2) is 0 Å².